The molecule has 2 heteroatoms. The van der Waals surface area contributed by atoms with Crippen molar-refractivity contribution < 1.29 is 9.18 Å². The Hall–Kier alpha value is -1.44. The molecule has 68 valence electrons. The van der Waals surface area contributed by atoms with E-state index in [1.807, 2.05) is 19.9 Å². The van der Waals surface area contributed by atoms with Crippen LogP contribution >= 0.6 is 0 Å². The lowest BCUT2D eigenvalue weighted by Crippen LogP contribution is -1.99. The number of ketones is 1. The van der Waals surface area contributed by atoms with Gasteiger partial charge in [-0.1, -0.05) is 23.8 Å². The molecule has 0 fully saturated rings. The first-order chi connectivity index (χ1) is 6.00. The maximum Gasteiger partial charge on any atom is 0.220 e. The van der Waals surface area contributed by atoms with Crippen LogP contribution in [0.1, 0.15) is 21.5 Å². The quantitative estimate of drug-likeness (QED) is 0.502. The first-order valence-electron chi connectivity index (χ1n) is 3.98. The molecule has 13 heavy (non-hydrogen) atoms. The van der Waals surface area contributed by atoms with Crippen molar-refractivity contribution in [2.24, 2.45) is 0 Å². The number of halogens is 1. The molecule has 0 unspecified atom stereocenters. The van der Waals surface area contributed by atoms with Crippen LogP contribution in [-0.4, -0.2) is 5.78 Å². The van der Waals surface area contributed by atoms with Crippen molar-refractivity contribution in [3.8, 4) is 0 Å². The van der Waals surface area contributed by atoms with E-state index in [4.69, 9.17) is 0 Å². The fourth-order valence-electron chi connectivity index (χ4n) is 1.26. The van der Waals surface area contributed by atoms with Crippen LogP contribution in [-0.2, 0) is 0 Å². The minimum atomic E-state index is -0.912. The van der Waals surface area contributed by atoms with Gasteiger partial charge in [-0.2, -0.15) is 0 Å². The highest BCUT2D eigenvalue weighted by atomic mass is 19.1. The summed E-state index contributed by atoms with van der Waals surface area (Å²) in [5.41, 5.74) is 2.26. The van der Waals surface area contributed by atoms with E-state index in [-0.39, 0.29) is 0 Å². The van der Waals surface area contributed by atoms with Gasteiger partial charge in [0.15, 0.2) is 5.83 Å². The molecule has 0 saturated carbocycles. The summed E-state index contributed by atoms with van der Waals surface area (Å²) in [4.78, 5) is 11.2. The highest BCUT2D eigenvalue weighted by Crippen LogP contribution is 2.12. The molecule has 0 saturated heterocycles. The Labute approximate surface area is 76.9 Å². The molecule has 0 heterocycles. The lowest BCUT2D eigenvalue weighted by Gasteiger charge is -2.01. The van der Waals surface area contributed by atoms with Crippen LogP contribution in [0.4, 0.5) is 4.39 Å². The lowest BCUT2D eigenvalue weighted by atomic mass is 10.0. The zero-order valence-corrected chi connectivity index (χ0v) is 7.73. The van der Waals surface area contributed by atoms with Gasteiger partial charge in [-0.3, -0.25) is 4.79 Å². The zero-order valence-electron chi connectivity index (χ0n) is 7.73. The summed E-state index contributed by atoms with van der Waals surface area (Å²) in [6.07, 6.45) is 0. The van der Waals surface area contributed by atoms with E-state index in [1.54, 1.807) is 12.1 Å². The fourth-order valence-corrected chi connectivity index (χ4v) is 1.26. The molecule has 0 aliphatic carbocycles. The van der Waals surface area contributed by atoms with Crippen molar-refractivity contribution in [3.05, 3.63) is 47.3 Å². The van der Waals surface area contributed by atoms with Gasteiger partial charge in [-0.15, -0.1) is 0 Å². The summed E-state index contributed by atoms with van der Waals surface area (Å²) in [5.74, 6) is -1.54. The third-order valence-electron chi connectivity index (χ3n) is 1.73. The van der Waals surface area contributed by atoms with Gasteiger partial charge in [0.05, 0.1) is 0 Å². The smallest absolute Gasteiger partial charge is 0.220 e. The minimum Gasteiger partial charge on any atom is -0.286 e. The van der Waals surface area contributed by atoms with Crippen molar-refractivity contribution in [2.45, 2.75) is 13.8 Å². The summed E-state index contributed by atoms with van der Waals surface area (Å²) in [6.45, 7) is 6.71. The number of hydrogen-bond acceptors (Lipinski definition) is 1. The van der Waals surface area contributed by atoms with Gasteiger partial charge in [0.25, 0.3) is 0 Å². The van der Waals surface area contributed by atoms with Crippen molar-refractivity contribution in [2.75, 3.05) is 0 Å². The van der Waals surface area contributed by atoms with Crippen LogP contribution in [0.25, 0.3) is 0 Å². The largest absolute Gasteiger partial charge is 0.286 e. The van der Waals surface area contributed by atoms with Crippen LogP contribution in [0, 0.1) is 13.8 Å². The Bertz CT molecular complexity index is 346. The summed E-state index contributed by atoms with van der Waals surface area (Å²) >= 11 is 0. The maximum absolute atomic E-state index is 12.5. The Kier molecular flexibility index (Phi) is 2.61. The molecule has 1 aromatic rings. The highest BCUT2D eigenvalue weighted by molar-refractivity contribution is 6.06. The van der Waals surface area contributed by atoms with Crippen LogP contribution in [0.3, 0.4) is 0 Å². The summed E-state index contributed by atoms with van der Waals surface area (Å²) < 4.78 is 12.5. The second kappa shape index (κ2) is 3.52. The van der Waals surface area contributed by atoms with E-state index in [0.717, 1.165) is 11.1 Å². The topological polar surface area (TPSA) is 17.1 Å². The molecule has 0 amide bonds. The molecule has 0 N–H and O–H groups in total. The monoisotopic (exact) mass is 178 g/mol. The van der Waals surface area contributed by atoms with Crippen LogP contribution < -0.4 is 0 Å². The van der Waals surface area contributed by atoms with Crippen molar-refractivity contribution >= 4 is 5.78 Å². The molecule has 0 aromatic heterocycles. The average molecular weight is 178 g/mol. The van der Waals surface area contributed by atoms with Crippen LogP contribution in [0.2, 0.25) is 0 Å². The van der Waals surface area contributed by atoms with Gasteiger partial charge in [0.2, 0.25) is 5.78 Å². The van der Waals surface area contributed by atoms with Crippen molar-refractivity contribution in [1.82, 2.24) is 0 Å². The van der Waals surface area contributed by atoms with E-state index < -0.39 is 11.6 Å². The van der Waals surface area contributed by atoms with Crippen molar-refractivity contribution in [1.29, 1.82) is 0 Å². The third-order valence-corrected chi connectivity index (χ3v) is 1.73. The second-order valence-electron chi connectivity index (χ2n) is 3.11. The number of benzene rings is 1. The molecule has 0 spiro atoms. The van der Waals surface area contributed by atoms with Gasteiger partial charge in [-0.05, 0) is 26.0 Å². The van der Waals surface area contributed by atoms with E-state index in [2.05, 4.69) is 6.58 Å². The van der Waals surface area contributed by atoms with E-state index in [0.29, 0.717) is 5.56 Å². The van der Waals surface area contributed by atoms with E-state index >= 15 is 0 Å². The Morgan fingerprint density at radius 3 is 2.08 bits per heavy atom. The predicted octanol–water partition coefficient (Wildman–Crippen LogP) is 2.97. The Morgan fingerprint density at radius 1 is 1.23 bits per heavy atom. The number of carbonyl (C=O) groups is 1. The predicted molar refractivity (Wildman–Crippen MR) is 50.5 cm³/mol. The maximum atomic E-state index is 12.5. The Morgan fingerprint density at radius 2 is 1.69 bits per heavy atom. The zero-order chi connectivity index (χ0) is 10.0. The summed E-state index contributed by atoms with van der Waals surface area (Å²) in [5, 5.41) is 0. The minimum absolute atomic E-state index is 0.366. The molecule has 0 aliphatic rings. The molecule has 1 rings (SSSR count). The van der Waals surface area contributed by atoms with Crippen LogP contribution in [0.15, 0.2) is 30.6 Å². The molecule has 0 aliphatic heterocycles. The van der Waals surface area contributed by atoms with Gasteiger partial charge in [0, 0.05) is 5.56 Å². The first kappa shape index (κ1) is 9.65. The number of allylic oxidation sites excluding steroid dienone is 1. The fraction of sp³-hybridized carbons (Fsp3) is 0.182. The van der Waals surface area contributed by atoms with Crippen molar-refractivity contribution in [3.63, 3.8) is 0 Å². The molecule has 1 nitrogen and oxygen atoms in total. The Balaban J connectivity index is 3.15. The molecule has 1 aromatic carbocycles. The summed E-state index contributed by atoms with van der Waals surface area (Å²) in [6, 6.07) is 5.23. The number of hydrogen-bond donors (Lipinski definition) is 0. The van der Waals surface area contributed by atoms with Gasteiger partial charge in [0.1, 0.15) is 0 Å². The standard InChI is InChI=1S/C11H11FO/c1-7-4-8(2)6-10(5-7)11(13)9(3)12/h4-6H,3H2,1-2H3. The SMILES string of the molecule is C=C(F)C(=O)c1cc(C)cc(C)c1. The van der Waals surface area contributed by atoms with Crippen LogP contribution in [0.5, 0.6) is 0 Å². The number of carbonyl (C=O) groups excluding carboxylic acids is 1. The van der Waals surface area contributed by atoms with Gasteiger partial charge < -0.3 is 0 Å². The second-order valence-corrected chi connectivity index (χ2v) is 3.11. The molecular weight excluding hydrogens is 167 g/mol. The van der Waals surface area contributed by atoms with Gasteiger partial charge >= 0.3 is 0 Å². The summed E-state index contributed by atoms with van der Waals surface area (Å²) in [7, 11) is 0. The molecular formula is C11H11FO. The molecule has 0 bridgehead atoms. The first-order valence-corrected chi connectivity index (χ1v) is 3.98. The van der Waals surface area contributed by atoms with E-state index in [9.17, 15) is 9.18 Å². The highest BCUT2D eigenvalue weighted by Gasteiger charge is 2.09. The molecule has 0 atom stereocenters. The number of rotatable bonds is 2. The van der Waals surface area contributed by atoms with Gasteiger partial charge in [-0.25, -0.2) is 4.39 Å². The average Bonchev–Trinajstić information content (AvgIpc) is 2.01. The third kappa shape index (κ3) is 2.25. The normalized spacial score (nSPS) is 9.77. The lowest BCUT2D eigenvalue weighted by molar-refractivity contribution is 0.100. The molecule has 0 radical (unpaired) electrons. The number of aryl methyl sites for hydroxylation is 2. The van der Waals surface area contributed by atoms with E-state index in [1.165, 1.54) is 0 Å². The number of Topliss-reactive ketones (excluding diaryl/α,β-unsaturated/α-hetero) is 1.